The zero-order valence-corrected chi connectivity index (χ0v) is 11.6. The smallest absolute Gasteiger partial charge is 0.193 e. The Labute approximate surface area is 106 Å². The Morgan fingerprint density at radius 3 is 2.41 bits per heavy atom. The second-order valence-corrected chi connectivity index (χ2v) is 6.06. The van der Waals surface area contributed by atoms with E-state index in [2.05, 4.69) is 29.1 Å². The molecule has 98 valence electrons. The number of hydrogen-bond acceptors (Lipinski definition) is 1. The third-order valence-corrected chi connectivity index (χ3v) is 3.91. The highest BCUT2D eigenvalue weighted by Crippen LogP contribution is 2.31. The molecule has 1 saturated heterocycles. The van der Waals surface area contributed by atoms with E-state index in [1.54, 1.807) is 0 Å². The third kappa shape index (κ3) is 3.90. The van der Waals surface area contributed by atoms with Crippen LogP contribution in [0.5, 0.6) is 0 Å². The fourth-order valence-corrected chi connectivity index (χ4v) is 2.96. The highest BCUT2D eigenvalue weighted by molar-refractivity contribution is 5.80. The molecule has 0 spiro atoms. The van der Waals surface area contributed by atoms with Crippen molar-refractivity contribution >= 4 is 5.96 Å². The molecule has 1 heterocycles. The Bertz CT molecular complexity index is 261. The number of nitrogens with one attached hydrogen (secondary N) is 1. The maximum absolute atomic E-state index is 4.43. The van der Waals surface area contributed by atoms with Crippen LogP contribution < -0.4 is 5.32 Å². The average molecular weight is 237 g/mol. The molecule has 0 radical (unpaired) electrons. The van der Waals surface area contributed by atoms with Gasteiger partial charge in [0, 0.05) is 26.7 Å². The summed E-state index contributed by atoms with van der Waals surface area (Å²) in [4.78, 5) is 6.87. The molecule has 0 aromatic heterocycles. The normalized spacial score (nSPS) is 30.5. The first-order valence-electron chi connectivity index (χ1n) is 7.14. The van der Waals surface area contributed by atoms with Crippen molar-refractivity contribution in [2.75, 3.05) is 26.7 Å². The van der Waals surface area contributed by atoms with E-state index in [9.17, 15) is 0 Å². The number of piperidine rings is 1. The molecule has 1 aliphatic carbocycles. The first-order valence-corrected chi connectivity index (χ1v) is 7.14. The molecule has 0 aromatic carbocycles. The first-order chi connectivity index (χ1) is 8.19. The summed E-state index contributed by atoms with van der Waals surface area (Å²) in [7, 11) is 1.91. The quantitative estimate of drug-likeness (QED) is 0.602. The molecule has 0 aromatic rings. The van der Waals surface area contributed by atoms with E-state index in [0.717, 1.165) is 43.3 Å². The predicted molar refractivity (Wildman–Crippen MR) is 73.2 cm³/mol. The second-order valence-electron chi connectivity index (χ2n) is 6.06. The van der Waals surface area contributed by atoms with Crippen LogP contribution in [0.15, 0.2) is 4.99 Å². The van der Waals surface area contributed by atoms with Gasteiger partial charge in [-0.15, -0.1) is 0 Å². The van der Waals surface area contributed by atoms with Crippen LogP contribution in [0.1, 0.15) is 39.5 Å². The molecule has 0 amide bonds. The summed E-state index contributed by atoms with van der Waals surface area (Å²) in [5.74, 6) is 3.70. The van der Waals surface area contributed by atoms with Crippen molar-refractivity contribution in [1.82, 2.24) is 10.2 Å². The summed E-state index contributed by atoms with van der Waals surface area (Å²) in [6, 6.07) is 0. The van der Waals surface area contributed by atoms with E-state index in [4.69, 9.17) is 0 Å². The highest BCUT2D eigenvalue weighted by atomic mass is 15.3. The Hall–Kier alpha value is -0.730. The predicted octanol–water partition coefficient (Wildman–Crippen LogP) is 2.34. The zero-order valence-electron chi connectivity index (χ0n) is 11.6. The Morgan fingerprint density at radius 2 is 1.88 bits per heavy atom. The third-order valence-electron chi connectivity index (χ3n) is 3.91. The summed E-state index contributed by atoms with van der Waals surface area (Å²) < 4.78 is 0. The molecule has 1 aliphatic heterocycles. The van der Waals surface area contributed by atoms with Crippen molar-refractivity contribution in [2.45, 2.75) is 39.5 Å². The molecular weight excluding hydrogens is 210 g/mol. The lowest BCUT2D eigenvalue weighted by atomic mass is 9.92. The van der Waals surface area contributed by atoms with Gasteiger partial charge in [0.25, 0.3) is 0 Å². The van der Waals surface area contributed by atoms with Crippen LogP contribution in [0.2, 0.25) is 0 Å². The molecule has 2 atom stereocenters. The molecule has 3 heteroatoms. The fraction of sp³-hybridized carbons (Fsp3) is 0.929. The molecule has 17 heavy (non-hydrogen) atoms. The number of rotatable bonds is 3. The van der Waals surface area contributed by atoms with Crippen LogP contribution in [0, 0.1) is 17.8 Å². The van der Waals surface area contributed by atoms with Crippen molar-refractivity contribution in [3.8, 4) is 0 Å². The molecule has 2 unspecified atom stereocenters. The molecule has 0 bridgehead atoms. The zero-order chi connectivity index (χ0) is 12.3. The first kappa shape index (κ1) is 12.7. The van der Waals surface area contributed by atoms with Gasteiger partial charge in [-0.25, -0.2) is 0 Å². The minimum atomic E-state index is 0.792. The Kier molecular flexibility index (Phi) is 4.30. The van der Waals surface area contributed by atoms with Gasteiger partial charge in [-0.05, 0) is 30.6 Å². The molecule has 2 rings (SSSR count). The molecule has 2 aliphatic rings. The monoisotopic (exact) mass is 237 g/mol. The van der Waals surface area contributed by atoms with Gasteiger partial charge in [0.05, 0.1) is 0 Å². The van der Waals surface area contributed by atoms with Gasteiger partial charge >= 0.3 is 0 Å². The van der Waals surface area contributed by atoms with Gasteiger partial charge in [0.15, 0.2) is 5.96 Å². The summed E-state index contributed by atoms with van der Waals surface area (Å²) in [6.45, 7) is 8.11. The Balaban J connectivity index is 1.79. The number of aliphatic imine (C=N–C) groups is 1. The maximum Gasteiger partial charge on any atom is 0.193 e. The van der Waals surface area contributed by atoms with Crippen molar-refractivity contribution in [3.63, 3.8) is 0 Å². The molecule has 3 nitrogen and oxygen atoms in total. The molecule has 1 saturated carbocycles. The van der Waals surface area contributed by atoms with E-state index < -0.39 is 0 Å². The average Bonchev–Trinajstić information content (AvgIpc) is 3.06. The summed E-state index contributed by atoms with van der Waals surface area (Å²) in [5.41, 5.74) is 0. The summed E-state index contributed by atoms with van der Waals surface area (Å²) in [5, 5.41) is 3.53. The van der Waals surface area contributed by atoms with Crippen molar-refractivity contribution in [1.29, 1.82) is 0 Å². The lowest BCUT2D eigenvalue weighted by molar-refractivity contribution is 0.208. The van der Waals surface area contributed by atoms with Crippen LogP contribution in [-0.2, 0) is 0 Å². The SMILES string of the molecule is CN=C(NCCC1CC1)N1CC(C)CC(C)C1. The van der Waals surface area contributed by atoms with Gasteiger partial charge < -0.3 is 10.2 Å². The largest absolute Gasteiger partial charge is 0.356 e. The van der Waals surface area contributed by atoms with Crippen LogP contribution in [-0.4, -0.2) is 37.5 Å². The topological polar surface area (TPSA) is 27.6 Å². The number of likely N-dealkylation sites (tertiary alicyclic amines) is 1. The van der Waals surface area contributed by atoms with E-state index in [1.165, 1.54) is 25.7 Å². The molecular formula is C14H27N3. The molecule has 1 N–H and O–H groups in total. The maximum atomic E-state index is 4.43. The van der Waals surface area contributed by atoms with Crippen LogP contribution in [0.25, 0.3) is 0 Å². The van der Waals surface area contributed by atoms with Gasteiger partial charge in [0.2, 0.25) is 0 Å². The van der Waals surface area contributed by atoms with Crippen molar-refractivity contribution in [3.05, 3.63) is 0 Å². The highest BCUT2D eigenvalue weighted by Gasteiger charge is 2.25. The lowest BCUT2D eigenvalue weighted by Gasteiger charge is -2.37. The standard InChI is InChI=1S/C14H27N3/c1-11-8-12(2)10-17(9-11)14(15-3)16-7-6-13-4-5-13/h11-13H,4-10H2,1-3H3,(H,15,16). The van der Waals surface area contributed by atoms with Crippen LogP contribution in [0.3, 0.4) is 0 Å². The minimum Gasteiger partial charge on any atom is -0.356 e. The lowest BCUT2D eigenvalue weighted by Crippen LogP contribution is -2.48. The van der Waals surface area contributed by atoms with Crippen LogP contribution >= 0.6 is 0 Å². The fourth-order valence-electron chi connectivity index (χ4n) is 2.96. The van der Waals surface area contributed by atoms with Gasteiger partial charge in [0.1, 0.15) is 0 Å². The van der Waals surface area contributed by atoms with E-state index in [1.807, 2.05) is 7.05 Å². The summed E-state index contributed by atoms with van der Waals surface area (Å²) in [6.07, 6.45) is 5.56. The second kappa shape index (κ2) is 5.74. The van der Waals surface area contributed by atoms with E-state index in [-0.39, 0.29) is 0 Å². The molecule has 2 fully saturated rings. The van der Waals surface area contributed by atoms with Crippen LogP contribution in [0.4, 0.5) is 0 Å². The van der Waals surface area contributed by atoms with Gasteiger partial charge in [-0.1, -0.05) is 26.7 Å². The van der Waals surface area contributed by atoms with Crippen molar-refractivity contribution < 1.29 is 0 Å². The number of nitrogens with zero attached hydrogens (tertiary/aromatic N) is 2. The minimum absolute atomic E-state index is 0.792. The van der Waals surface area contributed by atoms with E-state index >= 15 is 0 Å². The van der Waals surface area contributed by atoms with Gasteiger partial charge in [-0.3, -0.25) is 4.99 Å². The van der Waals surface area contributed by atoms with E-state index in [0.29, 0.717) is 0 Å². The van der Waals surface area contributed by atoms with Gasteiger partial charge in [-0.2, -0.15) is 0 Å². The van der Waals surface area contributed by atoms with Crippen molar-refractivity contribution in [2.24, 2.45) is 22.7 Å². The summed E-state index contributed by atoms with van der Waals surface area (Å²) >= 11 is 0. The number of hydrogen-bond donors (Lipinski definition) is 1. The number of guanidine groups is 1. The Morgan fingerprint density at radius 1 is 1.24 bits per heavy atom.